The van der Waals surface area contributed by atoms with Crippen molar-refractivity contribution in [2.45, 2.75) is 5.22 Å². The van der Waals surface area contributed by atoms with E-state index in [0.29, 0.717) is 10.8 Å². The van der Waals surface area contributed by atoms with E-state index in [4.69, 9.17) is 4.42 Å². The Bertz CT molecular complexity index is 677. The van der Waals surface area contributed by atoms with Crippen molar-refractivity contribution in [3.63, 3.8) is 0 Å². The largest absolute Gasteiger partial charge is 0.431 e. The Morgan fingerprint density at radius 3 is 2.53 bits per heavy atom. The Morgan fingerprint density at radius 2 is 1.74 bits per heavy atom. The highest BCUT2D eigenvalue weighted by atomic mass is 33.1. The third-order valence-corrected chi connectivity index (χ3v) is 4.39. The van der Waals surface area contributed by atoms with Crippen LogP contribution in [0.15, 0.2) is 64.2 Å². The Labute approximate surface area is 117 Å². The lowest BCUT2D eigenvalue weighted by Gasteiger charge is -1.96. The highest BCUT2D eigenvalue weighted by Gasteiger charge is 2.11. The summed E-state index contributed by atoms with van der Waals surface area (Å²) >= 11 is 0. The van der Waals surface area contributed by atoms with E-state index in [1.165, 1.54) is 10.8 Å². The predicted octanol–water partition coefficient (Wildman–Crippen LogP) is 4.41. The number of oxazole rings is 1. The molecule has 3 aromatic rings. The minimum Gasteiger partial charge on any atom is -0.431 e. The number of hydrogen-bond acceptors (Lipinski definition) is 5. The molecular formula is C14H9NO2S2. The third-order valence-electron chi connectivity index (χ3n) is 2.47. The van der Waals surface area contributed by atoms with Crippen molar-refractivity contribution >= 4 is 37.8 Å². The summed E-state index contributed by atoms with van der Waals surface area (Å²) in [6.07, 6.45) is 0. The van der Waals surface area contributed by atoms with Crippen molar-refractivity contribution < 1.29 is 9.21 Å². The molecule has 0 spiro atoms. The lowest BCUT2D eigenvalue weighted by Crippen LogP contribution is -1.89. The molecule has 0 bridgehead atoms. The van der Waals surface area contributed by atoms with Crippen LogP contribution >= 0.6 is 21.6 Å². The molecule has 0 aliphatic rings. The molecule has 1 aromatic heterocycles. The molecule has 1 heterocycles. The fourth-order valence-corrected chi connectivity index (χ4v) is 3.16. The van der Waals surface area contributed by atoms with Gasteiger partial charge in [0.05, 0.1) is 0 Å². The van der Waals surface area contributed by atoms with E-state index in [0.717, 1.165) is 21.9 Å². The average Bonchev–Trinajstić information content (AvgIpc) is 2.88. The summed E-state index contributed by atoms with van der Waals surface area (Å²) in [6, 6.07) is 16.7. The first-order valence-electron chi connectivity index (χ1n) is 5.62. The van der Waals surface area contributed by atoms with Crippen molar-refractivity contribution in [3.8, 4) is 0 Å². The van der Waals surface area contributed by atoms with E-state index in [-0.39, 0.29) is 5.12 Å². The zero-order chi connectivity index (χ0) is 13.1. The smallest absolute Gasteiger partial charge is 0.268 e. The quantitative estimate of drug-likeness (QED) is 0.668. The van der Waals surface area contributed by atoms with Crippen molar-refractivity contribution in [2.75, 3.05) is 0 Å². The van der Waals surface area contributed by atoms with Crippen molar-refractivity contribution in [3.05, 3.63) is 60.2 Å². The number of benzene rings is 2. The summed E-state index contributed by atoms with van der Waals surface area (Å²) < 4.78 is 5.53. The van der Waals surface area contributed by atoms with Crippen LogP contribution < -0.4 is 0 Å². The molecule has 0 unspecified atom stereocenters. The van der Waals surface area contributed by atoms with Crippen LogP contribution in [0.2, 0.25) is 0 Å². The van der Waals surface area contributed by atoms with E-state index in [2.05, 4.69) is 4.98 Å². The third kappa shape index (κ3) is 2.83. The summed E-state index contributed by atoms with van der Waals surface area (Å²) in [6.45, 7) is 0. The number of nitrogens with zero attached hydrogens (tertiary/aromatic N) is 1. The van der Waals surface area contributed by atoms with Gasteiger partial charge < -0.3 is 4.42 Å². The molecule has 5 heteroatoms. The van der Waals surface area contributed by atoms with Gasteiger partial charge in [-0.05, 0) is 22.9 Å². The van der Waals surface area contributed by atoms with Gasteiger partial charge >= 0.3 is 0 Å². The minimum absolute atomic E-state index is 0.00661. The monoisotopic (exact) mass is 287 g/mol. The number of carbonyl (C=O) groups excluding carboxylic acids is 1. The first-order valence-corrected chi connectivity index (χ1v) is 7.77. The highest BCUT2D eigenvalue weighted by Crippen LogP contribution is 2.34. The van der Waals surface area contributed by atoms with E-state index < -0.39 is 0 Å². The molecule has 0 atom stereocenters. The zero-order valence-electron chi connectivity index (χ0n) is 9.78. The Kier molecular flexibility index (Phi) is 3.57. The fraction of sp³-hybridized carbons (Fsp3) is 0. The van der Waals surface area contributed by atoms with Crippen LogP contribution in [-0.4, -0.2) is 10.1 Å². The van der Waals surface area contributed by atoms with Crippen molar-refractivity contribution in [1.82, 2.24) is 4.98 Å². The summed E-state index contributed by atoms with van der Waals surface area (Å²) in [5, 5.41) is 0.489. The second-order valence-corrected chi connectivity index (χ2v) is 5.82. The summed E-state index contributed by atoms with van der Waals surface area (Å²) in [5.41, 5.74) is 2.21. The molecule has 94 valence electrons. The first kappa shape index (κ1) is 12.3. The highest BCUT2D eigenvalue weighted by molar-refractivity contribution is 8.82. The van der Waals surface area contributed by atoms with Gasteiger partial charge in [0.2, 0.25) is 5.12 Å². The van der Waals surface area contributed by atoms with E-state index in [1.807, 2.05) is 42.5 Å². The Morgan fingerprint density at radius 1 is 1.00 bits per heavy atom. The van der Waals surface area contributed by atoms with Crippen LogP contribution in [0.25, 0.3) is 11.1 Å². The van der Waals surface area contributed by atoms with Crippen LogP contribution in [0, 0.1) is 0 Å². The number of rotatable bonds is 3. The topological polar surface area (TPSA) is 43.1 Å². The molecule has 0 amide bonds. The lowest BCUT2D eigenvalue weighted by molar-refractivity contribution is 0.109. The predicted molar refractivity (Wildman–Crippen MR) is 78.2 cm³/mol. The van der Waals surface area contributed by atoms with Crippen LogP contribution in [0.1, 0.15) is 10.4 Å². The Balaban J connectivity index is 1.71. The van der Waals surface area contributed by atoms with Crippen LogP contribution in [-0.2, 0) is 0 Å². The lowest BCUT2D eigenvalue weighted by atomic mass is 10.2. The van der Waals surface area contributed by atoms with Gasteiger partial charge in [-0.2, -0.15) is 0 Å². The van der Waals surface area contributed by atoms with E-state index in [1.54, 1.807) is 12.1 Å². The van der Waals surface area contributed by atoms with Crippen LogP contribution in [0.5, 0.6) is 0 Å². The first-order chi connectivity index (χ1) is 9.33. The summed E-state index contributed by atoms with van der Waals surface area (Å²) in [5.74, 6) is 0. The minimum atomic E-state index is -0.00661. The van der Waals surface area contributed by atoms with Crippen LogP contribution in [0.4, 0.5) is 0 Å². The van der Waals surface area contributed by atoms with Crippen molar-refractivity contribution in [2.24, 2.45) is 0 Å². The molecule has 0 saturated heterocycles. The molecule has 3 nitrogen and oxygen atoms in total. The second kappa shape index (κ2) is 5.50. The molecular weight excluding hydrogens is 278 g/mol. The molecule has 0 aliphatic heterocycles. The van der Waals surface area contributed by atoms with Crippen LogP contribution in [0.3, 0.4) is 0 Å². The molecule has 0 radical (unpaired) electrons. The molecule has 0 N–H and O–H groups in total. The molecule has 19 heavy (non-hydrogen) atoms. The number of hydrogen-bond donors (Lipinski definition) is 0. The molecule has 2 aromatic carbocycles. The maximum absolute atomic E-state index is 11.9. The molecule has 0 aliphatic carbocycles. The summed E-state index contributed by atoms with van der Waals surface area (Å²) in [4.78, 5) is 16.2. The Hall–Kier alpha value is -1.72. The summed E-state index contributed by atoms with van der Waals surface area (Å²) in [7, 11) is 2.36. The van der Waals surface area contributed by atoms with E-state index in [9.17, 15) is 4.79 Å². The molecule has 3 rings (SSSR count). The van der Waals surface area contributed by atoms with Gasteiger partial charge in [-0.15, -0.1) is 0 Å². The number of fused-ring (bicyclic) bond motifs is 1. The van der Waals surface area contributed by atoms with Gasteiger partial charge in [-0.25, -0.2) is 4.98 Å². The maximum atomic E-state index is 11.9. The van der Waals surface area contributed by atoms with E-state index >= 15 is 0 Å². The van der Waals surface area contributed by atoms with Gasteiger partial charge in [0.25, 0.3) is 5.22 Å². The number of para-hydroxylation sites is 2. The maximum Gasteiger partial charge on any atom is 0.268 e. The molecule has 0 fully saturated rings. The molecule has 0 saturated carbocycles. The zero-order valence-corrected chi connectivity index (χ0v) is 11.4. The fourth-order valence-electron chi connectivity index (χ4n) is 1.58. The number of aromatic nitrogens is 1. The van der Waals surface area contributed by atoms with Gasteiger partial charge in [-0.3, -0.25) is 4.79 Å². The standard InChI is InChI=1S/C14H9NO2S2/c16-13(10-6-2-1-3-7-10)18-19-14-15-11-8-4-5-9-12(11)17-14/h1-9H. The second-order valence-electron chi connectivity index (χ2n) is 3.77. The van der Waals surface area contributed by atoms with Gasteiger partial charge in [0, 0.05) is 16.4 Å². The number of carbonyl (C=O) groups is 1. The average molecular weight is 287 g/mol. The van der Waals surface area contributed by atoms with Gasteiger partial charge in [0.15, 0.2) is 5.58 Å². The van der Waals surface area contributed by atoms with Gasteiger partial charge in [0.1, 0.15) is 5.52 Å². The van der Waals surface area contributed by atoms with Gasteiger partial charge in [-0.1, -0.05) is 42.5 Å². The SMILES string of the molecule is O=C(SSc1nc2ccccc2o1)c1ccccc1. The van der Waals surface area contributed by atoms with Crippen molar-refractivity contribution in [1.29, 1.82) is 0 Å². The normalized spacial score (nSPS) is 10.7.